The number of piperazine rings is 1. The highest BCUT2D eigenvalue weighted by atomic mass is 35.5. The van der Waals surface area contributed by atoms with E-state index in [2.05, 4.69) is 45.0 Å². The Morgan fingerprint density at radius 1 is 0.900 bits per heavy atom. The number of benzene rings is 2. The largest absolute Gasteiger partial charge is 0.368 e. The van der Waals surface area contributed by atoms with Gasteiger partial charge < -0.3 is 14.7 Å². The lowest BCUT2D eigenvalue weighted by molar-refractivity contribution is -0.136. The molecular formula is C23H25ClN4OS. The Morgan fingerprint density at radius 2 is 1.60 bits per heavy atom. The molecule has 0 bridgehead atoms. The van der Waals surface area contributed by atoms with Gasteiger partial charge in [-0.25, -0.2) is 4.98 Å². The SMILES string of the molecule is O=C(C1CCN(c2nc3ccccc3s2)CC1)N1CCN(c2ccc(Cl)cc2)CC1. The van der Waals surface area contributed by atoms with Crippen molar-refractivity contribution < 1.29 is 4.79 Å². The summed E-state index contributed by atoms with van der Waals surface area (Å²) in [6.07, 6.45) is 1.82. The van der Waals surface area contributed by atoms with Crippen molar-refractivity contribution in [1.82, 2.24) is 9.88 Å². The van der Waals surface area contributed by atoms with Gasteiger partial charge in [-0.3, -0.25) is 4.79 Å². The summed E-state index contributed by atoms with van der Waals surface area (Å²) in [5.41, 5.74) is 2.24. The number of amides is 1. The molecule has 30 heavy (non-hydrogen) atoms. The molecular weight excluding hydrogens is 416 g/mol. The van der Waals surface area contributed by atoms with Crippen molar-refractivity contribution in [3.8, 4) is 0 Å². The van der Waals surface area contributed by atoms with Crippen molar-refractivity contribution in [2.24, 2.45) is 5.92 Å². The van der Waals surface area contributed by atoms with Gasteiger partial charge in [0.2, 0.25) is 5.91 Å². The van der Waals surface area contributed by atoms with E-state index < -0.39 is 0 Å². The molecule has 5 nitrogen and oxygen atoms in total. The molecule has 2 aliphatic heterocycles. The number of carbonyl (C=O) groups is 1. The van der Waals surface area contributed by atoms with Gasteiger partial charge in [0.1, 0.15) is 0 Å². The minimum Gasteiger partial charge on any atom is -0.368 e. The van der Waals surface area contributed by atoms with Gasteiger partial charge in [0.25, 0.3) is 0 Å². The van der Waals surface area contributed by atoms with Crippen LogP contribution >= 0.6 is 22.9 Å². The van der Waals surface area contributed by atoms with E-state index in [1.807, 2.05) is 18.2 Å². The molecule has 3 aromatic rings. The summed E-state index contributed by atoms with van der Waals surface area (Å²) in [6, 6.07) is 16.2. The second-order valence-corrected chi connectivity index (χ2v) is 9.46. The van der Waals surface area contributed by atoms with Gasteiger partial charge in [0, 0.05) is 55.9 Å². The number of hydrogen-bond acceptors (Lipinski definition) is 5. The summed E-state index contributed by atoms with van der Waals surface area (Å²) in [5, 5.41) is 1.84. The Kier molecular flexibility index (Phi) is 5.52. The number of nitrogens with zero attached hydrogens (tertiary/aromatic N) is 4. The molecule has 1 aromatic heterocycles. The number of carbonyl (C=O) groups excluding carboxylic acids is 1. The maximum atomic E-state index is 13.1. The van der Waals surface area contributed by atoms with Gasteiger partial charge in [-0.15, -0.1) is 0 Å². The van der Waals surface area contributed by atoms with Crippen LogP contribution in [-0.2, 0) is 4.79 Å². The first-order valence-electron chi connectivity index (χ1n) is 10.6. The standard InChI is InChI=1S/C23H25ClN4OS/c24-18-5-7-19(8-6-18)26-13-15-27(16-14-26)22(29)17-9-11-28(12-10-17)23-25-20-3-1-2-4-21(20)30-23/h1-8,17H,9-16H2. The van der Waals surface area contributed by atoms with Crippen LogP contribution in [0.15, 0.2) is 48.5 Å². The number of para-hydroxylation sites is 1. The van der Waals surface area contributed by atoms with Crippen LogP contribution < -0.4 is 9.80 Å². The lowest BCUT2D eigenvalue weighted by Crippen LogP contribution is -2.51. The Labute approximate surface area is 185 Å². The summed E-state index contributed by atoms with van der Waals surface area (Å²) in [5.74, 6) is 0.465. The lowest BCUT2D eigenvalue weighted by atomic mass is 9.95. The van der Waals surface area contributed by atoms with Crippen LogP contribution in [0.3, 0.4) is 0 Å². The van der Waals surface area contributed by atoms with Crippen molar-refractivity contribution in [1.29, 1.82) is 0 Å². The quantitative estimate of drug-likeness (QED) is 0.600. The van der Waals surface area contributed by atoms with E-state index >= 15 is 0 Å². The predicted octanol–water partition coefficient (Wildman–Crippen LogP) is 4.51. The average molecular weight is 441 g/mol. The fourth-order valence-corrected chi connectivity index (χ4v) is 5.55. The fourth-order valence-electron chi connectivity index (χ4n) is 4.41. The minimum atomic E-state index is 0.137. The molecule has 3 heterocycles. The van der Waals surface area contributed by atoms with Crippen LogP contribution in [0.25, 0.3) is 10.2 Å². The molecule has 2 saturated heterocycles. The molecule has 0 saturated carbocycles. The zero-order chi connectivity index (χ0) is 20.5. The van der Waals surface area contributed by atoms with Crippen LogP contribution in [0.5, 0.6) is 0 Å². The fraction of sp³-hybridized carbons (Fsp3) is 0.391. The Balaban J connectivity index is 1.15. The van der Waals surface area contributed by atoms with E-state index in [1.54, 1.807) is 11.3 Å². The van der Waals surface area contributed by atoms with Gasteiger partial charge in [-0.2, -0.15) is 0 Å². The molecule has 0 aliphatic carbocycles. The molecule has 7 heteroatoms. The van der Waals surface area contributed by atoms with E-state index in [0.29, 0.717) is 5.91 Å². The van der Waals surface area contributed by atoms with Crippen molar-refractivity contribution >= 4 is 49.9 Å². The van der Waals surface area contributed by atoms with Gasteiger partial charge in [-0.05, 0) is 49.2 Å². The van der Waals surface area contributed by atoms with Crippen LogP contribution in [0.4, 0.5) is 10.8 Å². The molecule has 2 fully saturated rings. The smallest absolute Gasteiger partial charge is 0.225 e. The summed E-state index contributed by atoms with van der Waals surface area (Å²) in [7, 11) is 0. The van der Waals surface area contributed by atoms with E-state index in [1.165, 1.54) is 10.4 Å². The summed E-state index contributed by atoms with van der Waals surface area (Å²) < 4.78 is 1.23. The van der Waals surface area contributed by atoms with Crippen LogP contribution in [-0.4, -0.2) is 55.1 Å². The molecule has 0 radical (unpaired) electrons. The Hall–Kier alpha value is -2.31. The van der Waals surface area contributed by atoms with E-state index in [0.717, 1.165) is 67.8 Å². The van der Waals surface area contributed by atoms with Gasteiger partial charge >= 0.3 is 0 Å². The molecule has 5 rings (SSSR count). The second-order valence-electron chi connectivity index (χ2n) is 8.01. The first-order valence-corrected chi connectivity index (χ1v) is 11.8. The monoisotopic (exact) mass is 440 g/mol. The van der Waals surface area contributed by atoms with Crippen molar-refractivity contribution in [3.63, 3.8) is 0 Å². The third-order valence-corrected chi connectivity index (χ3v) is 7.53. The number of thiazole rings is 1. The first-order chi connectivity index (χ1) is 14.7. The van der Waals surface area contributed by atoms with Gasteiger partial charge in [0.15, 0.2) is 5.13 Å². The number of rotatable bonds is 3. The maximum Gasteiger partial charge on any atom is 0.225 e. The molecule has 0 N–H and O–H groups in total. The molecule has 0 unspecified atom stereocenters. The number of piperidine rings is 1. The maximum absolute atomic E-state index is 13.1. The summed E-state index contributed by atoms with van der Waals surface area (Å²) in [4.78, 5) is 24.6. The summed E-state index contributed by atoms with van der Waals surface area (Å²) >= 11 is 7.74. The number of anilines is 2. The van der Waals surface area contributed by atoms with Crippen LogP contribution in [0, 0.1) is 5.92 Å². The second kappa shape index (κ2) is 8.44. The predicted molar refractivity (Wildman–Crippen MR) is 125 cm³/mol. The van der Waals surface area contributed by atoms with Gasteiger partial charge in [0.05, 0.1) is 10.2 Å². The minimum absolute atomic E-state index is 0.137. The highest BCUT2D eigenvalue weighted by molar-refractivity contribution is 7.22. The number of halogens is 1. The van der Waals surface area contributed by atoms with Crippen LogP contribution in [0.1, 0.15) is 12.8 Å². The zero-order valence-corrected chi connectivity index (χ0v) is 18.4. The highest BCUT2D eigenvalue weighted by Crippen LogP contribution is 2.32. The Morgan fingerprint density at radius 3 is 2.30 bits per heavy atom. The van der Waals surface area contributed by atoms with E-state index in [9.17, 15) is 4.79 Å². The first kappa shape index (κ1) is 19.6. The molecule has 0 spiro atoms. The number of fused-ring (bicyclic) bond motifs is 1. The van der Waals surface area contributed by atoms with E-state index in [4.69, 9.17) is 16.6 Å². The third kappa shape index (κ3) is 3.98. The van der Waals surface area contributed by atoms with E-state index in [-0.39, 0.29) is 5.92 Å². The number of aromatic nitrogens is 1. The molecule has 1 amide bonds. The lowest BCUT2D eigenvalue weighted by Gasteiger charge is -2.39. The van der Waals surface area contributed by atoms with Gasteiger partial charge in [-0.1, -0.05) is 35.1 Å². The van der Waals surface area contributed by atoms with Crippen molar-refractivity contribution in [2.75, 3.05) is 49.1 Å². The molecule has 2 aromatic carbocycles. The molecule has 0 atom stereocenters. The zero-order valence-electron chi connectivity index (χ0n) is 16.8. The number of hydrogen-bond donors (Lipinski definition) is 0. The molecule has 156 valence electrons. The van der Waals surface area contributed by atoms with Crippen LogP contribution in [0.2, 0.25) is 5.02 Å². The summed E-state index contributed by atoms with van der Waals surface area (Å²) in [6.45, 7) is 5.14. The normalized spacial score (nSPS) is 18.2. The average Bonchev–Trinajstić information content (AvgIpc) is 3.24. The van der Waals surface area contributed by atoms with Crippen molar-refractivity contribution in [2.45, 2.75) is 12.8 Å². The Bertz CT molecular complexity index is 988. The topological polar surface area (TPSA) is 39.7 Å². The highest BCUT2D eigenvalue weighted by Gasteiger charge is 2.31. The van der Waals surface area contributed by atoms with Crippen molar-refractivity contribution in [3.05, 3.63) is 53.6 Å². The third-order valence-electron chi connectivity index (χ3n) is 6.18. The molecule has 2 aliphatic rings.